The molecule has 3 heterocycles. The van der Waals surface area contributed by atoms with Gasteiger partial charge >= 0.3 is 0 Å². The first-order chi connectivity index (χ1) is 13.2. The van der Waals surface area contributed by atoms with Gasteiger partial charge in [-0.1, -0.05) is 32.0 Å². The van der Waals surface area contributed by atoms with Crippen molar-refractivity contribution < 1.29 is 4.79 Å². The largest absolute Gasteiger partial charge is 0.360 e. The van der Waals surface area contributed by atoms with Crippen molar-refractivity contribution in [1.82, 2.24) is 19.6 Å². The Morgan fingerprint density at radius 1 is 1.26 bits per heavy atom. The second kappa shape index (κ2) is 9.89. The van der Waals surface area contributed by atoms with Crippen molar-refractivity contribution in [2.24, 2.45) is 5.14 Å². The number of carbonyl (C=O) groups is 1. The molecule has 6 nitrogen and oxygen atoms in total. The van der Waals surface area contributed by atoms with Gasteiger partial charge in [-0.3, -0.25) is 5.14 Å². The zero-order valence-electron chi connectivity index (χ0n) is 15.8. The SMILES string of the molecule is CC.CC(=O)CCc1c[nH]c2c(-c3ccn4ncnc4c3)cccc12.NS. The van der Waals surface area contributed by atoms with Gasteiger partial charge in [-0.25, -0.2) is 9.50 Å². The zero-order valence-corrected chi connectivity index (χ0v) is 16.7. The predicted molar refractivity (Wildman–Crippen MR) is 114 cm³/mol. The van der Waals surface area contributed by atoms with Crippen LogP contribution >= 0.6 is 12.8 Å². The molecule has 142 valence electrons. The molecular formula is C20H25N5OS. The lowest BCUT2D eigenvalue weighted by molar-refractivity contribution is -0.116. The van der Waals surface area contributed by atoms with Crippen LogP contribution in [0.5, 0.6) is 0 Å². The van der Waals surface area contributed by atoms with E-state index >= 15 is 0 Å². The molecule has 0 aliphatic rings. The Labute approximate surface area is 164 Å². The first kappa shape index (κ1) is 20.7. The van der Waals surface area contributed by atoms with E-state index in [1.165, 1.54) is 10.9 Å². The Bertz CT molecular complexity index is 1020. The molecule has 3 aromatic heterocycles. The van der Waals surface area contributed by atoms with Crippen LogP contribution in [0.3, 0.4) is 0 Å². The number of hydrogen-bond donors (Lipinski definition) is 3. The minimum Gasteiger partial charge on any atom is -0.360 e. The quantitative estimate of drug-likeness (QED) is 0.460. The summed E-state index contributed by atoms with van der Waals surface area (Å²) < 4.78 is 1.75. The first-order valence-corrected chi connectivity index (χ1v) is 9.38. The number of aromatic amines is 1. The number of carbonyl (C=O) groups excluding carboxylic acids is 1. The van der Waals surface area contributed by atoms with Crippen LogP contribution in [-0.2, 0) is 11.2 Å². The number of nitrogens with zero attached hydrogens (tertiary/aromatic N) is 3. The van der Waals surface area contributed by atoms with Crippen molar-refractivity contribution >= 4 is 35.1 Å². The fourth-order valence-electron chi connectivity index (χ4n) is 2.95. The van der Waals surface area contributed by atoms with Crippen LogP contribution in [-0.4, -0.2) is 25.4 Å². The highest BCUT2D eigenvalue weighted by Gasteiger charge is 2.10. The van der Waals surface area contributed by atoms with Gasteiger partial charge in [0, 0.05) is 29.8 Å². The molecule has 0 saturated heterocycles. The van der Waals surface area contributed by atoms with Gasteiger partial charge < -0.3 is 9.78 Å². The number of pyridine rings is 1. The monoisotopic (exact) mass is 383 g/mol. The summed E-state index contributed by atoms with van der Waals surface area (Å²) in [5.41, 5.74) is 5.32. The Hall–Kier alpha value is -2.64. The predicted octanol–water partition coefficient (Wildman–Crippen LogP) is 4.22. The number of para-hydroxylation sites is 1. The van der Waals surface area contributed by atoms with Gasteiger partial charge in [-0.15, -0.1) is 12.8 Å². The van der Waals surface area contributed by atoms with E-state index < -0.39 is 0 Å². The molecule has 0 fully saturated rings. The molecule has 0 aliphatic carbocycles. The lowest BCUT2D eigenvalue weighted by Gasteiger charge is -2.05. The van der Waals surface area contributed by atoms with Crippen LogP contribution in [0.2, 0.25) is 0 Å². The summed E-state index contributed by atoms with van der Waals surface area (Å²) in [4.78, 5) is 18.8. The van der Waals surface area contributed by atoms with Crippen molar-refractivity contribution in [3.63, 3.8) is 0 Å². The summed E-state index contributed by atoms with van der Waals surface area (Å²) in [5.74, 6) is 0.216. The molecule has 3 N–H and O–H groups in total. The molecule has 0 spiro atoms. The standard InChI is InChI=1S/C18H16N4O.C2H6.H3NS/c1-12(23)5-6-14-10-19-18-15(3-2-4-16(14)18)13-7-8-22-17(9-13)20-11-21-22;2*1-2/h2-4,7-11,19H,5-6H2,1H3;1-2H3;2H,1H2. The second-order valence-corrected chi connectivity index (χ2v) is 5.72. The Kier molecular flexibility index (Phi) is 7.57. The van der Waals surface area contributed by atoms with E-state index in [2.05, 4.69) is 51.2 Å². The van der Waals surface area contributed by atoms with E-state index in [1.54, 1.807) is 17.8 Å². The second-order valence-electron chi connectivity index (χ2n) is 5.72. The molecule has 0 bridgehead atoms. The zero-order chi connectivity index (χ0) is 19.8. The van der Waals surface area contributed by atoms with E-state index in [0.29, 0.717) is 6.42 Å². The van der Waals surface area contributed by atoms with E-state index in [4.69, 9.17) is 0 Å². The Morgan fingerprint density at radius 3 is 2.78 bits per heavy atom. The maximum Gasteiger partial charge on any atom is 0.155 e. The lowest BCUT2D eigenvalue weighted by atomic mass is 10.0. The van der Waals surface area contributed by atoms with Crippen LogP contribution in [0.1, 0.15) is 32.8 Å². The van der Waals surface area contributed by atoms with Crippen LogP contribution in [0.25, 0.3) is 27.7 Å². The van der Waals surface area contributed by atoms with Crippen molar-refractivity contribution in [3.05, 3.63) is 54.6 Å². The summed E-state index contributed by atoms with van der Waals surface area (Å²) >= 11 is 3.03. The van der Waals surface area contributed by atoms with E-state index in [0.717, 1.165) is 28.7 Å². The number of aryl methyl sites for hydroxylation is 1. The minimum atomic E-state index is 0.216. The smallest absolute Gasteiger partial charge is 0.155 e. The van der Waals surface area contributed by atoms with Gasteiger partial charge in [0.2, 0.25) is 0 Å². The highest BCUT2D eigenvalue weighted by atomic mass is 32.1. The molecule has 0 amide bonds. The van der Waals surface area contributed by atoms with Gasteiger partial charge in [0.25, 0.3) is 0 Å². The summed E-state index contributed by atoms with van der Waals surface area (Å²) in [6.07, 6.45) is 6.81. The number of nitrogens with two attached hydrogens (primary N) is 1. The number of rotatable bonds is 4. The molecular weight excluding hydrogens is 358 g/mol. The normalized spacial score (nSPS) is 10.1. The molecule has 0 saturated carbocycles. The highest BCUT2D eigenvalue weighted by molar-refractivity contribution is 7.77. The fraction of sp³-hybridized carbons (Fsp3) is 0.250. The summed E-state index contributed by atoms with van der Waals surface area (Å²) in [5, 5.41) is 9.49. The number of Topliss-reactive ketones (excluding diaryl/α,β-unsaturated/α-hetero) is 1. The van der Waals surface area contributed by atoms with Gasteiger partial charge in [-0.05, 0) is 36.6 Å². The molecule has 4 rings (SSSR count). The van der Waals surface area contributed by atoms with Crippen molar-refractivity contribution in [1.29, 1.82) is 0 Å². The maximum absolute atomic E-state index is 11.2. The molecule has 0 atom stereocenters. The molecule has 7 heteroatoms. The number of aromatic nitrogens is 4. The van der Waals surface area contributed by atoms with Gasteiger partial charge in [0.05, 0.1) is 5.52 Å². The molecule has 1 aromatic carbocycles. The third-order valence-electron chi connectivity index (χ3n) is 4.14. The van der Waals surface area contributed by atoms with E-state index in [1.807, 2.05) is 38.4 Å². The van der Waals surface area contributed by atoms with Crippen molar-refractivity contribution in [3.8, 4) is 11.1 Å². The third-order valence-corrected chi connectivity index (χ3v) is 4.14. The summed E-state index contributed by atoms with van der Waals surface area (Å²) in [6, 6.07) is 10.3. The van der Waals surface area contributed by atoms with Crippen molar-refractivity contribution in [2.75, 3.05) is 0 Å². The molecule has 0 unspecified atom stereocenters. The lowest BCUT2D eigenvalue weighted by Crippen LogP contribution is -1.93. The van der Waals surface area contributed by atoms with Crippen LogP contribution in [0.4, 0.5) is 0 Å². The van der Waals surface area contributed by atoms with E-state index in [9.17, 15) is 4.79 Å². The Morgan fingerprint density at radius 2 is 2.04 bits per heavy atom. The number of hydrogen-bond acceptors (Lipinski definition) is 5. The minimum absolute atomic E-state index is 0.216. The number of nitrogens with one attached hydrogen (secondary N) is 1. The fourth-order valence-corrected chi connectivity index (χ4v) is 2.95. The number of benzene rings is 1. The van der Waals surface area contributed by atoms with Gasteiger partial charge in [-0.2, -0.15) is 5.10 Å². The number of H-pyrrole nitrogens is 1. The molecule has 0 aliphatic heterocycles. The van der Waals surface area contributed by atoms with Crippen molar-refractivity contribution in [2.45, 2.75) is 33.6 Å². The highest BCUT2D eigenvalue weighted by Crippen LogP contribution is 2.30. The van der Waals surface area contributed by atoms with Crippen LogP contribution in [0.15, 0.2) is 49.1 Å². The summed E-state index contributed by atoms with van der Waals surface area (Å²) in [7, 11) is 0. The molecule has 27 heavy (non-hydrogen) atoms. The first-order valence-electron chi connectivity index (χ1n) is 8.86. The summed E-state index contributed by atoms with van der Waals surface area (Å²) in [6.45, 7) is 5.63. The average Bonchev–Trinajstić information content (AvgIpc) is 3.35. The third kappa shape index (κ3) is 4.56. The number of thiol groups is 1. The van der Waals surface area contributed by atoms with Crippen LogP contribution < -0.4 is 5.14 Å². The number of fused-ring (bicyclic) bond motifs is 2. The Balaban J connectivity index is 0.000000614. The van der Waals surface area contributed by atoms with E-state index in [-0.39, 0.29) is 5.78 Å². The maximum atomic E-state index is 11.2. The van der Waals surface area contributed by atoms with Gasteiger partial charge in [0.1, 0.15) is 12.1 Å². The average molecular weight is 384 g/mol. The molecule has 0 radical (unpaired) electrons. The van der Waals surface area contributed by atoms with Gasteiger partial charge in [0.15, 0.2) is 5.65 Å². The van der Waals surface area contributed by atoms with Crippen LogP contribution in [0, 0.1) is 0 Å². The number of ketones is 1. The molecule has 4 aromatic rings. The topological polar surface area (TPSA) is 89.1 Å².